The van der Waals surface area contributed by atoms with Crippen molar-refractivity contribution < 1.29 is 0 Å². The Morgan fingerprint density at radius 2 is 2.00 bits per heavy atom. The van der Waals surface area contributed by atoms with Gasteiger partial charge in [0.05, 0.1) is 0 Å². The molecule has 2 atom stereocenters. The van der Waals surface area contributed by atoms with Gasteiger partial charge in [0, 0.05) is 6.04 Å². The van der Waals surface area contributed by atoms with Gasteiger partial charge in [-0.2, -0.15) is 0 Å². The Balaban J connectivity index is 2.00. The third-order valence-corrected chi connectivity index (χ3v) is 3.92. The first kappa shape index (κ1) is 11.7. The van der Waals surface area contributed by atoms with Crippen molar-refractivity contribution in [1.29, 1.82) is 0 Å². The van der Waals surface area contributed by atoms with Gasteiger partial charge >= 0.3 is 0 Å². The summed E-state index contributed by atoms with van der Waals surface area (Å²) in [7, 11) is 0. The van der Waals surface area contributed by atoms with Gasteiger partial charge in [0.1, 0.15) is 0 Å². The Hall–Kier alpha value is -0.820. The Labute approximate surface area is 99.0 Å². The van der Waals surface area contributed by atoms with Crippen molar-refractivity contribution in [3.63, 3.8) is 0 Å². The molecule has 1 aliphatic rings. The molecule has 0 heterocycles. The van der Waals surface area contributed by atoms with Crippen LogP contribution in [0.15, 0.2) is 18.2 Å². The normalized spacial score (nSPS) is 25.7. The molecule has 0 aliphatic heterocycles. The molecule has 0 aromatic heterocycles. The molecule has 16 heavy (non-hydrogen) atoms. The first-order chi connectivity index (χ1) is 7.65. The number of rotatable bonds is 2. The highest BCUT2D eigenvalue weighted by Crippen LogP contribution is 2.26. The first-order valence-corrected chi connectivity index (χ1v) is 6.47. The molecule has 1 aliphatic carbocycles. The fraction of sp³-hybridized carbons (Fsp3) is 0.600. The Morgan fingerprint density at radius 1 is 1.19 bits per heavy atom. The standard InChI is InChI=1S/C15H23N/c1-11-6-7-14(8-12(11)2)9-13-4-3-5-15(16)10-13/h6-8,13,15H,3-5,9-10,16H2,1-2H3. The molecule has 2 unspecified atom stereocenters. The van der Waals surface area contributed by atoms with E-state index in [4.69, 9.17) is 5.73 Å². The number of hydrogen-bond acceptors (Lipinski definition) is 1. The molecule has 1 aromatic rings. The predicted molar refractivity (Wildman–Crippen MR) is 69.6 cm³/mol. The maximum Gasteiger partial charge on any atom is 0.00415 e. The predicted octanol–water partition coefficient (Wildman–Crippen LogP) is 3.36. The highest BCUT2D eigenvalue weighted by Gasteiger charge is 2.19. The molecular formula is C15H23N. The summed E-state index contributed by atoms with van der Waals surface area (Å²) in [6.07, 6.45) is 6.34. The van der Waals surface area contributed by atoms with Crippen LogP contribution < -0.4 is 5.73 Å². The van der Waals surface area contributed by atoms with Crippen molar-refractivity contribution in [3.8, 4) is 0 Å². The molecule has 1 saturated carbocycles. The molecule has 0 bridgehead atoms. The van der Waals surface area contributed by atoms with Gasteiger partial charge in [-0.25, -0.2) is 0 Å². The second kappa shape index (κ2) is 5.01. The van der Waals surface area contributed by atoms with Crippen molar-refractivity contribution in [2.75, 3.05) is 0 Å². The lowest BCUT2D eigenvalue weighted by molar-refractivity contribution is 0.321. The maximum absolute atomic E-state index is 6.03. The van der Waals surface area contributed by atoms with Crippen LogP contribution in [0.1, 0.15) is 42.4 Å². The summed E-state index contributed by atoms with van der Waals surface area (Å²) >= 11 is 0. The molecule has 0 radical (unpaired) electrons. The van der Waals surface area contributed by atoms with E-state index in [1.807, 2.05) is 0 Å². The summed E-state index contributed by atoms with van der Waals surface area (Å²) in [5, 5.41) is 0. The van der Waals surface area contributed by atoms with Crippen molar-refractivity contribution >= 4 is 0 Å². The van der Waals surface area contributed by atoms with E-state index in [2.05, 4.69) is 32.0 Å². The molecule has 1 heteroatoms. The molecule has 0 saturated heterocycles. The SMILES string of the molecule is Cc1ccc(CC2CCCC(N)C2)cc1C. The van der Waals surface area contributed by atoms with E-state index in [0.717, 1.165) is 5.92 Å². The molecule has 0 spiro atoms. The Kier molecular flexibility index (Phi) is 3.65. The summed E-state index contributed by atoms with van der Waals surface area (Å²) in [4.78, 5) is 0. The zero-order chi connectivity index (χ0) is 11.5. The quantitative estimate of drug-likeness (QED) is 0.807. The largest absolute Gasteiger partial charge is 0.328 e. The summed E-state index contributed by atoms with van der Waals surface area (Å²) in [5.41, 5.74) is 10.3. The van der Waals surface area contributed by atoms with Crippen molar-refractivity contribution in [2.24, 2.45) is 11.7 Å². The van der Waals surface area contributed by atoms with Crippen LogP contribution in [0.2, 0.25) is 0 Å². The highest BCUT2D eigenvalue weighted by molar-refractivity contribution is 5.30. The minimum Gasteiger partial charge on any atom is -0.328 e. The minimum absolute atomic E-state index is 0.449. The summed E-state index contributed by atoms with van der Waals surface area (Å²) in [6.45, 7) is 4.38. The molecule has 1 nitrogen and oxygen atoms in total. The number of benzene rings is 1. The van der Waals surface area contributed by atoms with Crippen molar-refractivity contribution in [2.45, 2.75) is 52.0 Å². The third kappa shape index (κ3) is 2.85. The van der Waals surface area contributed by atoms with E-state index in [1.165, 1.54) is 48.8 Å². The van der Waals surface area contributed by atoms with Crippen LogP contribution in [0, 0.1) is 19.8 Å². The molecule has 1 aromatic carbocycles. The van der Waals surface area contributed by atoms with E-state index in [0.29, 0.717) is 6.04 Å². The van der Waals surface area contributed by atoms with Crippen LogP contribution in [0.25, 0.3) is 0 Å². The van der Waals surface area contributed by atoms with E-state index in [1.54, 1.807) is 0 Å². The second-order valence-electron chi connectivity index (χ2n) is 5.42. The number of aryl methyl sites for hydroxylation is 2. The molecule has 2 N–H and O–H groups in total. The van der Waals surface area contributed by atoms with Gasteiger partial charge in [-0.3, -0.25) is 0 Å². The Bertz CT molecular complexity index is 356. The first-order valence-electron chi connectivity index (χ1n) is 6.47. The average molecular weight is 217 g/mol. The van der Waals surface area contributed by atoms with Crippen molar-refractivity contribution in [3.05, 3.63) is 34.9 Å². The lowest BCUT2D eigenvalue weighted by atomic mass is 9.82. The van der Waals surface area contributed by atoms with Gasteiger partial charge < -0.3 is 5.73 Å². The molecule has 0 amide bonds. The zero-order valence-electron chi connectivity index (χ0n) is 10.5. The Morgan fingerprint density at radius 3 is 2.69 bits per heavy atom. The smallest absolute Gasteiger partial charge is 0.00415 e. The summed E-state index contributed by atoms with van der Waals surface area (Å²) < 4.78 is 0. The van der Waals surface area contributed by atoms with Gasteiger partial charge in [-0.1, -0.05) is 31.0 Å². The molecule has 88 valence electrons. The van der Waals surface area contributed by atoms with E-state index >= 15 is 0 Å². The third-order valence-electron chi connectivity index (χ3n) is 3.92. The van der Waals surface area contributed by atoms with E-state index in [9.17, 15) is 0 Å². The van der Waals surface area contributed by atoms with E-state index in [-0.39, 0.29) is 0 Å². The fourth-order valence-corrected chi connectivity index (χ4v) is 2.78. The molecule has 1 fully saturated rings. The van der Waals surface area contributed by atoms with Gasteiger partial charge in [0.2, 0.25) is 0 Å². The van der Waals surface area contributed by atoms with Crippen molar-refractivity contribution in [1.82, 2.24) is 0 Å². The lowest BCUT2D eigenvalue weighted by Crippen LogP contribution is -2.28. The van der Waals surface area contributed by atoms with Crippen LogP contribution in [0.4, 0.5) is 0 Å². The fourth-order valence-electron chi connectivity index (χ4n) is 2.78. The highest BCUT2D eigenvalue weighted by atomic mass is 14.6. The number of nitrogens with two attached hydrogens (primary N) is 1. The van der Waals surface area contributed by atoms with Crippen LogP contribution >= 0.6 is 0 Å². The average Bonchev–Trinajstić information content (AvgIpc) is 2.24. The van der Waals surface area contributed by atoms with Crippen LogP contribution in [-0.4, -0.2) is 6.04 Å². The van der Waals surface area contributed by atoms with Crippen LogP contribution in [-0.2, 0) is 6.42 Å². The van der Waals surface area contributed by atoms with Gasteiger partial charge in [0.15, 0.2) is 0 Å². The van der Waals surface area contributed by atoms with Gasteiger partial charge in [0.25, 0.3) is 0 Å². The monoisotopic (exact) mass is 217 g/mol. The molecule has 2 rings (SSSR count). The second-order valence-corrected chi connectivity index (χ2v) is 5.42. The topological polar surface area (TPSA) is 26.0 Å². The maximum atomic E-state index is 6.03. The van der Waals surface area contributed by atoms with Gasteiger partial charge in [-0.15, -0.1) is 0 Å². The van der Waals surface area contributed by atoms with Gasteiger partial charge in [-0.05, 0) is 55.7 Å². The van der Waals surface area contributed by atoms with E-state index < -0.39 is 0 Å². The summed E-state index contributed by atoms with van der Waals surface area (Å²) in [5.74, 6) is 0.811. The zero-order valence-corrected chi connectivity index (χ0v) is 10.5. The minimum atomic E-state index is 0.449. The summed E-state index contributed by atoms with van der Waals surface area (Å²) in [6, 6.07) is 7.32. The van der Waals surface area contributed by atoms with Crippen LogP contribution in [0.3, 0.4) is 0 Å². The molecular weight excluding hydrogens is 194 g/mol. The van der Waals surface area contributed by atoms with Crippen LogP contribution in [0.5, 0.6) is 0 Å². The lowest BCUT2D eigenvalue weighted by Gasteiger charge is -2.26. The number of hydrogen-bond donors (Lipinski definition) is 1.